The molecule has 0 saturated carbocycles. The molecule has 0 unspecified atom stereocenters. The fourth-order valence-electron chi connectivity index (χ4n) is 1.68. The number of benzene rings is 1. The second kappa shape index (κ2) is 8.82. The van der Waals surface area contributed by atoms with Crippen LogP contribution < -0.4 is 0 Å². The van der Waals surface area contributed by atoms with E-state index in [0.29, 0.717) is 19.6 Å². The van der Waals surface area contributed by atoms with Crippen LogP contribution in [0.15, 0.2) is 43.0 Å². The van der Waals surface area contributed by atoms with Gasteiger partial charge in [0.25, 0.3) is 0 Å². The molecule has 1 aromatic carbocycles. The second-order valence-corrected chi connectivity index (χ2v) is 4.51. The van der Waals surface area contributed by atoms with E-state index in [0.717, 1.165) is 5.56 Å². The van der Waals surface area contributed by atoms with Gasteiger partial charge in [0.05, 0.1) is 24.9 Å². The summed E-state index contributed by atoms with van der Waals surface area (Å²) in [6.07, 6.45) is -0.888. The topological polar surface area (TPSA) is 69.9 Å². The summed E-state index contributed by atoms with van der Waals surface area (Å²) in [6.45, 7) is 4.30. The molecule has 0 saturated heterocycles. The molecule has 0 aliphatic rings. The summed E-state index contributed by atoms with van der Waals surface area (Å²) >= 11 is 0. The summed E-state index contributed by atoms with van der Waals surface area (Å²) in [5.41, 5.74) is 1.08. The molecule has 4 nitrogen and oxygen atoms in total. The molecule has 19 heavy (non-hydrogen) atoms. The lowest BCUT2D eigenvalue weighted by Crippen LogP contribution is -2.28. The lowest BCUT2D eigenvalue weighted by atomic mass is 10.0. The van der Waals surface area contributed by atoms with Crippen molar-refractivity contribution in [1.82, 2.24) is 0 Å². The van der Waals surface area contributed by atoms with Crippen molar-refractivity contribution in [2.75, 3.05) is 6.61 Å². The van der Waals surface area contributed by atoms with Gasteiger partial charge in [0.2, 0.25) is 0 Å². The van der Waals surface area contributed by atoms with Crippen LogP contribution in [-0.2, 0) is 11.3 Å². The predicted molar refractivity (Wildman–Crippen MR) is 73.5 cm³/mol. The van der Waals surface area contributed by atoms with Gasteiger partial charge in [-0.15, -0.1) is 6.58 Å². The predicted octanol–water partition coefficient (Wildman–Crippen LogP) is 1.25. The molecule has 0 fully saturated rings. The largest absolute Gasteiger partial charge is 0.393 e. The summed E-state index contributed by atoms with van der Waals surface area (Å²) in [4.78, 5) is 0. The fraction of sp³-hybridized carbons (Fsp3) is 0.467. The van der Waals surface area contributed by atoms with Gasteiger partial charge in [-0.05, 0) is 12.0 Å². The summed E-state index contributed by atoms with van der Waals surface area (Å²) < 4.78 is 5.43. The Bertz CT molecular complexity index is 352. The number of ether oxygens (including phenoxy) is 1. The zero-order valence-electron chi connectivity index (χ0n) is 11.0. The first kappa shape index (κ1) is 15.9. The van der Waals surface area contributed by atoms with Gasteiger partial charge >= 0.3 is 0 Å². The molecular weight excluding hydrogens is 244 g/mol. The Morgan fingerprint density at radius 1 is 1.16 bits per heavy atom. The standard InChI is InChI=1S/C15H22O4/c1-2-14(17)15(18)10-13(16)8-9-19-11-12-6-4-3-5-7-12/h2-7,13-18H,1,8-11H2/t13-,14+,15-/m1/s1. The first-order valence-electron chi connectivity index (χ1n) is 6.42. The van der Waals surface area contributed by atoms with Gasteiger partial charge in [-0.2, -0.15) is 0 Å². The number of rotatable bonds is 9. The van der Waals surface area contributed by atoms with Gasteiger partial charge in [0.1, 0.15) is 0 Å². The molecule has 0 heterocycles. The van der Waals surface area contributed by atoms with Crippen molar-refractivity contribution in [3.8, 4) is 0 Å². The quantitative estimate of drug-likeness (QED) is 0.465. The summed E-state index contributed by atoms with van der Waals surface area (Å²) in [6, 6.07) is 9.78. The van der Waals surface area contributed by atoms with Crippen LogP contribution >= 0.6 is 0 Å². The lowest BCUT2D eigenvalue weighted by Gasteiger charge is -2.18. The Hall–Kier alpha value is -1.20. The SMILES string of the molecule is C=C[C@H](O)[C@H](O)C[C@H](O)CCOCc1ccccc1. The first-order valence-corrected chi connectivity index (χ1v) is 6.42. The molecule has 0 spiro atoms. The monoisotopic (exact) mass is 266 g/mol. The van der Waals surface area contributed by atoms with E-state index < -0.39 is 18.3 Å². The maximum Gasteiger partial charge on any atom is 0.0978 e. The molecule has 0 aromatic heterocycles. The molecule has 0 amide bonds. The van der Waals surface area contributed by atoms with Gasteiger partial charge in [0.15, 0.2) is 0 Å². The van der Waals surface area contributed by atoms with Crippen LogP contribution in [-0.4, -0.2) is 40.2 Å². The minimum atomic E-state index is -1.00. The Kier molecular flexibility index (Phi) is 7.36. The van der Waals surface area contributed by atoms with Crippen LogP contribution in [0, 0.1) is 0 Å². The maximum atomic E-state index is 9.68. The Labute approximate surface area is 114 Å². The van der Waals surface area contributed by atoms with Gasteiger partial charge in [-0.1, -0.05) is 36.4 Å². The smallest absolute Gasteiger partial charge is 0.0978 e. The van der Waals surface area contributed by atoms with Crippen molar-refractivity contribution >= 4 is 0 Å². The number of hydrogen-bond donors (Lipinski definition) is 3. The van der Waals surface area contributed by atoms with E-state index >= 15 is 0 Å². The van der Waals surface area contributed by atoms with E-state index in [1.807, 2.05) is 30.3 Å². The number of hydrogen-bond acceptors (Lipinski definition) is 4. The molecule has 3 N–H and O–H groups in total. The number of aliphatic hydroxyl groups is 3. The third-order valence-electron chi connectivity index (χ3n) is 2.86. The van der Waals surface area contributed by atoms with Crippen molar-refractivity contribution in [2.45, 2.75) is 37.8 Å². The molecule has 0 radical (unpaired) electrons. The molecular formula is C15H22O4. The van der Waals surface area contributed by atoms with Crippen LogP contribution in [0.3, 0.4) is 0 Å². The molecule has 0 bridgehead atoms. The van der Waals surface area contributed by atoms with Crippen LogP contribution in [0.1, 0.15) is 18.4 Å². The van der Waals surface area contributed by atoms with Crippen LogP contribution in [0.25, 0.3) is 0 Å². The highest BCUT2D eigenvalue weighted by Crippen LogP contribution is 2.08. The lowest BCUT2D eigenvalue weighted by molar-refractivity contribution is -0.00161. The molecule has 1 aromatic rings. The molecule has 106 valence electrons. The van der Waals surface area contributed by atoms with Crippen molar-refractivity contribution in [3.63, 3.8) is 0 Å². The van der Waals surface area contributed by atoms with Crippen LogP contribution in [0.5, 0.6) is 0 Å². The molecule has 1 rings (SSSR count). The van der Waals surface area contributed by atoms with Gasteiger partial charge in [-0.25, -0.2) is 0 Å². The van der Waals surface area contributed by atoms with E-state index in [9.17, 15) is 15.3 Å². The average Bonchev–Trinajstić information content (AvgIpc) is 2.43. The highest BCUT2D eigenvalue weighted by molar-refractivity contribution is 5.13. The summed E-state index contributed by atoms with van der Waals surface area (Å²) in [7, 11) is 0. The molecule has 3 atom stereocenters. The first-order chi connectivity index (χ1) is 9.13. The van der Waals surface area contributed by atoms with Crippen LogP contribution in [0.4, 0.5) is 0 Å². The Morgan fingerprint density at radius 2 is 1.84 bits per heavy atom. The van der Waals surface area contributed by atoms with Crippen LogP contribution in [0.2, 0.25) is 0 Å². The highest BCUT2D eigenvalue weighted by Gasteiger charge is 2.17. The van der Waals surface area contributed by atoms with E-state index in [-0.39, 0.29) is 6.42 Å². The normalized spacial score (nSPS) is 15.7. The Balaban J connectivity index is 2.13. The number of aliphatic hydroxyl groups excluding tert-OH is 3. The molecule has 0 aliphatic heterocycles. The zero-order chi connectivity index (χ0) is 14.1. The highest BCUT2D eigenvalue weighted by atomic mass is 16.5. The van der Waals surface area contributed by atoms with E-state index in [2.05, 4.69) is 6.58 Å². The van der Waals surface area contributed by atoms with E-state index in [4.69, 9.17) is 4.74 Å². The van der Waals surface area contributed by atoms with Crippen molar-refractivity contribution in [2.24, 2.45) is 0 Å². The molecule has 0 aliphatic carbocycles. The summed E-state index contributed by atoms with van der Waals surface area (Å²) in [5.74, 6) is 0. The average molecular weight is 266 g/mol. The van der Waals surface area contributed by atoms with Gasteiger partial charge < -0.3 is 20.1 Å². The minimum absolute atomic E-state index is 0.113. The van der Waals surface area contributed by atoms with Crippen molar-refractivity contribution in [1.29, 1.82) is 0 Å². The van der Waals surface area contributed by atoms with E-state index in [1.54, 1.807) is 0 Å². The third-order valence-corrected chi connectivity index (χ3v) is 2.86. The van der Waals surface area contributed by atoms with Gasteiger partial charge in [-0.3, -0.25) is 0 Å². The van der Waals surface area contributed by atoms with E-state index in [1.165, 1.54) is 6.08 Å². The maximum absolute atomic E-state index is 9.68. The molecule has 4 heteroatoms. The van der Waals surface area contributed by atoms with Crippen molar-refractivity contribution < 1.29 is 20.1 Å². The van der Waals surface area contributed by atoms with Gasteiger partial charge in [0, 0.05) is 13.0 Å². The summed E-state index contributed by atoms with van der Waals surface area (Å²) in [5, 5.41) is 28.5. The second-order valence-electron chi connectivity index (χ2n) is 4.51. The third kappa shape index (κ3) is 6.50. The Morgan fingerprint density at radius 3 is 2.47 bits per heavy atom. The zero-order valence-corrected chi connectivity index (χ0v) is 11.0. The van der Waals surface area contributed by atoms with Crippen molar-refractivity contribution in [3.05, 3.63) is 48.6 Å². The fourth-order valence-corrected chi connectivity index (χ4v) is 1.68. The minimum Gasteiger partial charge on any atom is -0.393 e.